The Balaban J connectivity index is 1.59. The number of aromatic nitrogens is 2. The van der Waals surface area contributed by atoms with Crippen LogP contribution in [0.15, 0.2) is 84.9 Å². The zero-order chi connectivity index (χ0) is 18.6. The summed E-state index contributed by atoms with van der Waals surface area (Å²) in [4.78, 5) is 17.7. The number of para-hydroxylation sites is 2. The van der Waals surface area contributed by atoms with Gasteiger partial charge in [0.15, 0.2) is 0 Å². The zero-order valence-corrected chi connectivity index (χ0v) is 15.2. The number of amides is 1. The van der Waals surface area contributed by atoms with Crippen LogP contribution in [-0.4, -0.2) is 15.5 Å². The van der Waals surface area contributed by atoms with Crippen LogP contribution in [0.4, 0.5) is 0 Å². The molecule has 4 heteroatoms. The minimum Gasteiger partial charge on any atom is -0.348 e. The van der Waals surface area contributed by atoms with Gasteiger partial charge in [0, 0.05) is 7.05 Å². The fourth-order valence-corrected chi connectivity index (χ4v) is 3.41. The molecule has 4 rings (SSSR count). The van der Waals surface area contributed by atoms with Crippen molar-refractivity contribution in [3.8, 4) is 0 Å². The second-order valence-electron chi connectivity index (χ2n) is 6.55. The number of nitrogens with one attached hydrogen (secondary N) is 1. The molecule has 0 fully saturated rings. The van der Waals surface area contributed by atoms with Crippen LogP contribution in [0, 0.1) is 0 Å². The van der Waals surface area contributed by atoms with Gasteiger partial charge >= 0.3 is 0 Å². The first-order valence-electron chi connectivity index (χ1n) is 9.02. The number of aryl methyl sites for hydroxylation is 1. The molecular weight excluding hydrogens is 334 g/mol. The average molecular weight is 355 g/mol. The Bertz CT molecular complexity index is 1020. The Labute approximate surface area is 158 Å². The molecule has 0 unspecified atom stereocenters. The summed E-state index contributed by atoms with van der Waals surface area (Å²) >= 11 is 0. The third-order valence-electron chi connectivity index (χ3n) is 4.83. The monoisotopic (exact) mass is 355 g/mol. The van der Waals surface area contributed by atoms with E-state index in [0.717, 1.165) is 28.0 Å². The molecule has 1 amide bonds. The summed E-state index contributed by atoms with van der Waals surface area (Å²) < 4.78 is 2.02. The highest BCUT2D eigenvalue weighted by molar-refractivity contribution is 5.87. The summed E-state index contributed by atoms with van der Waals surface area (Å²) in [6.07, 6.45) is 0. The van der Waals surface area contributed by atoms with Gasteiger partial charge in [0.05, 0.1) is 23.5 Å². The molecule has 1 N–H and O–H groups in total. The lowest BCUT2D eigenvalue weighted by molar-refractivity contribution is -0.121. The minimum atomic E-state index is -0.345. The number of carbonyl (C=O) groups is 1. The fraction of sp³-hybridized carbons (Fsp3) is 0.130. The van der Waals surface area contributed by atoms with Gasteiger partial charge in [-0.25, -0.2) is 4.98 Å². The van der Waals surface area contributed by atoms with Crippen molar-refractivity contribution >= 4 is 16.9 Å². The van der Waals surface area contributed by atoms with Crippen LogP contribution in [0.5, 0.6) is 0 Å². The molecule has 0 aliphatic rings. The number of hydrogen-bond acceptors (Lipinski definition) is 2. The molecule has 27 heavy (non-hydrogen) atoms. The lowest BCUT2D eigenvalue weighted by Gasteiger charge is -2.18. The Hall–Kier alpha value is -3.40. The number of rotatable bonds is 5. The van der Waals surface area contributed by atoms with Crippen molar-refractivity contribution in [1.29, 1.82) is 0 Å². The lowest BCUT2D eigenvalue weighted by atomic mass is 9.90. The number of carbonyl (C=O) groups excluding carboxylic acids is 1. The summed E-state index contributed by atoms with van der Waals surface area (Å²) in [5.74, 6) is 0.464. The van der Waals surface area contributed by atoms with Gasteiger partial charge in [0.25, 0.3) is 0 Å². The third-order valence-corrected chi connectivity index (χ3v) is 4.83. The van der Waals surface area contributed by atoms with E-state index in [-0.39, 0.29) is 11.8 Å². The summed E-state index contributed by atoms with van der Waals surface area (Å²) in [6.45, 7) is 0.389. The second kappa shape index (κ2) is 7.46. The minimum absolute atomic E-state index is 0.0283. The Kier molecular flexibility index (Phi) is 4.71. The maximum atomic E-state index is 13.1. The van der Waals surface area contributed by atoms with Crippen LogP contribution in [0.3, 0.4) is 0 Å². The van der Waals surface area contributed by atoms with Crippen LogP contribution < -0.4 is 5.32 Å². The number of fused-ring (bicyclic) bond motifs is 1. The number of imidazole rings is 1. The largest absolute Gasteiger partial charge is 0.348 e. The highest BCUT2D eigenvalue weighted by atomic mass is 16.1. The van der Waals surface area contributed by atoms with E-state index in [4.69, 9.17) is 0 Å². The molecule has 4 aromatic rings. The van der Waals surface area contributed by atoms with E-state index in [0.29, 0.717) is 6.54 Å². The highest BCUT2D eigenvalue weighted by Crippen LogP contribution is 2.25. The van der Waals surface area contributed by atoms with E-state index in [1.807, 2.05) is 96.5 Å². The van der Waals surface area contributed by atoms with Gasteiger partial charge in [0.1, 0.15) is 5.82 Å². The summed E-state index contributed by atoms with van der Waals surface area (Å²) in [6, 6.07) is 27.7. The number of benzene rings is 3. The first-order chi connectivity index (χ1) is 13.2. The Morgan fingerprint density at radius 2 is 1.44 bits per heavy atom. The fourth-order valence-electron chi connectivity index (χ4n) is 3.41. The van der Waals surface area contributed by atoms with E-state index in [1.54, 1.807) is 0 Å². The summed E-state index contributed by atoms with van der Waals surface area (Å²) in [5, 5.41) is 3.08. The normalized spacial score (nSPS) is 11.0. The summed E-state index contributed by atoms with van der Waals surface area (Å²) in [7, 11) is 1.97. The molecular formula is C23H21N3O. The first-order valence-corrected chi connectivity index (χ1v) is 9.02. The predicted molar refractivity (Wildman–Crippen MR) is 107 cm³/mol. The van der Waals surface area contributed by atoms with Crippen molar-refractivity contribution in [3.05, 3.63) is 102 Å². The first kappa shape index (κ1) is 17.0. The molecule has 0 aliphatic carbocycles. The number of hydrogen-bond donors (Lipinski definition) is 1. The average Bonchev–Trinajstić information content (AvgIpc) is 3.04. The molecule has 0 radical (unpaired) electrons. The summed E-state index contributed by atoms with van der Waals surface area (Å²) in [5.41, 5.74) is 3.95. The molecule has 4 nitrogen and oxygen atoms in total. The molecule has 0 saturated heterocycles. The van der Waals surface area contributed by atoms with Gasteiger partial charge in [-0.1, -0.05) is 72.8 Å². The number of nitrogens with zero attached hydrogens (tertiary/aromatic N) is 2. The van der Waals surface area contributed by atoms with Crippen molar-refractivity contribution in [3.63, 3.8) is 0 Å². The van der Waals surface area contributed by atoms with Crippen molar-refractivity contribution in [2.45, 2.75) is 12.5 Å². The smallest absolute Gasteiger partial charge is 0.232 e. The van der Waals surface area contributed by atoms with Crippen LogP contribution in [-0.2, 0) is 18.4 Å². The standard InChI is InChI=1S/C23H21N3O/c1-26-20-15-9-8-14-19(20)25-21(26)16-24-23(27)22(17-10-4-2-5-11-17)18-12-6-3-7-13-18/h2-15,22H,16H2,1H3,(H,24,27). The molecule has 0 bridgehead atoms. The third kappa shape index (κ3) is 3.47. The van der Waals surface area contributed by atoms with E-state index in [2.05, 4.69) is 10.3 Å². The van der Waals surface area contributed by atoms with Crippen molar-refractivity contribution in [2.24, 2.45) is 7.05 Å². The topological polar surface area (TPSA) is 46.9 Å². The molecule has 3 aromatic carbocycles. The van der Waals surface area contributed by atoms with Crippen molar-refractivity contribution in [2.75, 3.05) is 0 Å². The van der Waals surface area contributed by atoms with Crippen LogP contribution >= 0.6 is 0 Å². The maximum Gasteiger partial charge on any atom is 0.232 e. The van der Waals surface area contributed by atoms with Crippen LogP contribution in [0.1, 0.15) is 22.9 Å². The van der Waals surface area contributed by atoms with E-state index >= 15 is 0 Å². The second-order valence-corrected chi connectivity index (χ2v) is 6.55. The predicted octanol–water partition coefficient (Wildman–Crippen LogP) is 4.02. The van der Waals surface area contributed by atoms with E-state index in [9.17, 15) is 4.79 Å². The van der Waals surface area contributed by atoms with E-state index in [1.165, 1.54) is 0 Å². The zero-order valence-electron chi connectivity index (χ0n) is 15.2. The lowest BCUT2D eigenvalue weighted by Crippen LogP contribution is -2.30. The van der Waals surface area contributed by atoms with Crippen LogP contribution in [0.2, 0.25) is 0 Å². The maximum absolute atomic E-state index is 13.1. The Morgan fingerprint density at radius 1 is 0.889 bits per heavy atom. The molecule has 0 atom stereocenters. The van der Waals surface area contributed by atoms with Gasteiger partial charge in [-0.05, 0) is 23.3 Å². The van der Waals surface area contributed by atoms with Gasteiger partial charge in [0.2, 0.25) is 5.91 Å². The highest BCUT2D eigenvalue weighted by Gasteiger charge is 2.22. The van der Waals surface area contributed by atoms with Crippen molar-refractivity contribution < 1.29 is 4.79 Å². The quantitative estimate of drug-likeness (QED) is 0.588. The SMILES string of the molecule is Cn1c(CNC(=O)C(c2ccccc2)c2ccccc2)nc2ccccc21. The Morgan fingerprint density at radius 3 is 2.04 bits per heavy atom. The molecule has 0 aliphatic heterocycles. The molecule has 1 heterocycles. The van der Waals surface area contributed by atoms with Gasteiger partial charge in [-0.3, -0.25) is 4.79 Å². The molecule has 0 saturated carbocycles. The van der Waals surface area contributed by atoms with Crippen molar-refractivity contribution in [1.82, 2.24) is 14.9 Å². The van der Waals surface area contributed by atoms with Gasteiger partial charge in [-0.2, -0.15) is 0 Å². The van der Waals surface area contributed by atoms with Gasteiger partial charge < -0.3 is 9.88 Å². The molecule has 134 valence electrons. The molecule has 1 aromatic heterocycles. The van der Waals surface area contributed by atoms with Gasteiger partial charge in [-0.15, -0.1) is 0 Å². The van der Waals surface area contributed by atoms with Crippen LogP contribution in [0.25, 0.3) is 11.0 Å². The van der Waals surface area contributed by atoms with E-state index < -0.39 is 0 Å². The molecule has 0 spiro atoms.